The molecule has 1 N–H and O–H groups in total. The van der Waals surface area contributed by atoms with Crippen LogP contribution in [0.1, 0.15) is 27.2 Å². The number of hydrogen-bond acceptors (Lipinski definition) is 5. The third kappa shape index (κ3) is 5.16. The molecular weight excluding hydrogens is 238 g/mol. The Kier molecular flexibility index (Phi) is 7.00. The highest BCUT2D eigenvalue weighted by molar-refractivity contribution is 5.85. The van der Waals surface area contributed by atoms with Crippen molar-refractivity contribution in [3.63, 3.8) is 0 Å². The fraction of sp³-hybridized carbons (Fsp3) is 0.750. The molecular formula is C12H21NO5. The van der Waals surface area contributed by atoms with Crippen LogP contribution in [0.25, 0.3) is 0 Å². The van der Waals surface area contributed by atoms with Crippen LogP contribution < -0.4 is 5.32 Å². The van der Waals surface area contributed by atoms with Gasteiger partial charge in [0.1, 0.15) is 6.04 Å². The Balaban J connectivity index is 4.65. The highest BCUT2D eigenvalue weighted by atomic mass is 16.5. The summed E-state index contributed by atoms with van der Waals surface area (Å²) in [5.41, 5.74) is 0. The van der Waals surface area contributed by atoms with Gasteiger partial charge in [0.25, 0.3) is 0 Å². The van der Waals surface area contributed by atoms with Crippen LogP contribution in [-0.4, -0.2) is 38.1 Å². The Morgan fingerprint density at radius 1 is 1.00 bits per heavy atom. The van der Waals surface area contributed by atoms with Crippen molar-refractivity contribution in [1.29, 1.82) is 0 Å². The lowest BCUT2D eigenvalue weighted by Gasteiger charge is -2.20. The van der Waals surface area contributed by atoms with Crippen molar-refractivity contribution in [2.24, 2.45) is 11.8 Å². The fourth-order valence-electron chi connectivity index (χ4n) is 1.35. The number of rotatable bonds is 6. The number of amides is 1. The molecule has 18 heavy (non-hydrogen) atoms. The molecule has 0 aromatic heterocycles. The van der Waals surface area contributed by atoms with Crippen LogP contribution in [0.15, 0.2) is 0 Å². The van der Waals surface area contributed by atoms with Gasteiger partial charge in [0, 0.05) is 5.92 Å². The standard InChI is InChI=1S/C12H21NO5/c1-7(2)10(14)13-9(12(16)18-5)6-8(3)11(15)17-4/h7-9H,6H2,1-5H3,(H,13,14)/t8-,9+/m0/s1. The van der Waals surface area contributed by atoms with E-state index in [1.54, 1.807) is 20.8 Å². The maximum absolute atomic E-state index is 11.6. The first-order valence-corrected chi connectivity index (χ1v) is 5.79. The van der Waals surface area contributed by atoms with Gasteiger partial charge in [0.05, 0.1) is 20.1 Å². The van der Waals surface area contributed by atoms with Gasteiger partial charge in [-0.05, 0) is 6.42 Å². The van der Waals surface area contributed by atoms with Gasteiger partial charge in [-0.25, -0.2) is 4.79 Å². The van der Waals surface area contributed by atoms with Crippen LogP contribution >= 0.6 is 0 Å². The molecule has 104 valence electrons. The molecule has 0 rings (SSSR count). The second kappa shape index (κ2) is 7.68. The normalized spacial score (nSPS) is 13.7. The van der Waals surface area contributed by atoms with Gasteiger partial charge in [-0.15, -0.1) is 0 Å². The SMILES string of the molecule is COC(=O)[C@@H](C)C[C@@H](NC(=O)C(C)C)C(=O)OC. The number of esters is 2. The summed E-state index contributed by atoms with van der Waals surface area (Å²) in [6.07, 6.45) is 0.151. The van der Waals surface area contributed by atoms with E-state index in [4.69, 9.17) is 0 Å². The van der Waals surface area contributed by atoms with E-state index < -0.39 is 23.9 Å². The second-order valence-electron chi connectivity index (χ2n) is 4.40. The Morgan fingerprint density at radius 2 is 1.50 bits per heavy atom. The zero-order chi connectivity index (χ0) is 14.3. The van der Waals surface area contributed by atoms with E-state index in [9.17, 15) is 14.4 Å². The van der Waals surface area contributed by atoms with Crippen molar-refractivity contribution < 1.29 is 23.9 Å². The Labute approximate surface area is 107 Å². The average molecular weight is 259 g/mol. The predicted molar refractivity (Wildman–Crippen MR) is 64.6 cm³/mol. The van der Waals surface area contributed by atoms with Gasteiger partial charge in [-0.3, -0.25) is 9.59 Å². The van der Waals surface area contributed by atoms with Gasteiger partial charge in [0.15, 0.2) is 0 Å². The summed E-state index contributed by atoms with van der Waals surface area (Å²) < 4.78 is 9.18. The topological polar surface area (TPSA) is 81.7 Å². The van der Waals surface area contributed by atoms with Crippen molar-refractivity contribution in [2.45, 2.75) is 33.2 Å². The van der Waals surface area contributed by atoms with Crippen molar-refractivity contribution in [2.75, 3.05) is 14.2 Å². The van der Waals surface area contributed by atoms with Crippen LogP contribution in [0.4, 0.5) is 0 Å². The summed E-state index contributed by atoms with van der Waals surface area (Å²) in [7, 11) is 2.51. The molecule has 0 unspecified atom stereocenters. The molecule has 0 heterocycles. The maximum atomic E-state index is 11.6. The number of carbonyl (C=O) groups excluding carboxylic acids is 3. The Morgan fingerprint density at radius 3 is 1.89 bits per heavy atom. The van der Waals surface area contributed by atoms with E-state index in [1.807, 2.05) is 0 Å². The summed E-state index contributed by atoms with van der Waals surface area (Å²) >= 11 is 0. The minimum atomic E-state index is -0.834. The highest BCUT2D eigenvalue weighted by Crippen LogP contribution is 2.10. The van der Waals surface area contributed by atoms with E-state index in [-0.39, 0.29) is 18.2 Å². The van der Waals surface area contributed by atoms with Crippen LogP contribution in [0, 0.1) is 11.8 Å². The predicted octanol–water partition coefficient (Wildman–Crippen LogP) is 0.499. The minimum absolute atomic E-state index is 0.151. The Hall–Kier alpha value is -1.59. The van der Waals surface area contributed by atoms with Crippen molar-refractivity contribution in [3.8, 4) is 0 Å². The first kappa shape index (κ1) is 16.4. The molecule has 6 nitrogen and oxygen atoms in total. The first-order chi connectivity index (χ1) is 8.33. The van der Waals surface area contributed by atoms with Gasteiger partial charge in [-0.1, -0.05) is 20.8 Å². The largest absolute Gasteiger partial charge is 0.469 e. The maximum Gasteiger partial charge on any atom is 0.328 e. The highest BCUT2D eigenvalue weighted by Gasteiger charge is 2.27. The molecule has 0 aliphatic carbocycles. The smallest absolute Gasteiger partial charge is 0.328 e. The summed E-state index contributed by atoms with van der Waals surface area (Å²) in [5, 5.41) is 2.56. The molecule has 0 saturated carbocycles. The molecule has 0 fully saturated rings. The number of nitrogens with one attached hydrogen (secondary N) is 1. The molecule has 0 bridgehead atoms. The van der Waals surface area contributed by atoms with Crippen LogP contribution in [0.2, 0.25) is 0 Å². The van der Waals surface area contributed by atoms with Crippen LogP contribution in [0.3, 0.4) is 0 Å². The van der Waals surface area contributed by atoms with Gasteiger partial charge >= 0.3 is 11.9 Å². The monoisotopic (exact) mass is 259 g/mol. The van der Waals surface area contributed by atoms with Gasteiger partial charge in [0.2, 0.25) is 5.91 Å². The molecule has 6 heteroatoms. The molecule has 0 aliphatic heterocycles. The van der Waals surface area contributed by atoms with E-state index in [2.05, 4.69) is 14.8 Å². The van der Waals surface area contributed by atoms with Gasteiger partial charge < -0.3 is 14.8 Å². The van der Waals surface area contributed by atoms with Gasteiger partial charge in [-0.2, -0.15) is 0 Å². The third-order valence-corrected chi connectivity index (χ3v) is 2.52. The van der Waals surface area contributed by atoms with Crippen LogP contribution in [-0.2, 0) is 23.9 Å². The third-order valence-electron chi connectivity index (χ3n) is 2.52. The fourth-order valence-corrected chi connectivity index (χ4v) is 1.35. The molecule has 0 aromatic rings. The van der Waals surface area contributed by atoms with E-state index in [0.29, 0.717) is 0 Å². The molecule has 2 atom stereocenters. The first-order valence-electron chi connectivity index (χ1n) is 5.79. The lowest BCUT2D eigenvalue weighted by atomic mass is 10.0. The van der Waals surface area contributed by atoms with Crippen molar-refractivity contribution in [3.05, 3.63) is 0 Å². The summed E-state index contributed by atoms with van der Waals surface area (Å²) in [6.45, 7) is 5.06. The number of carbonyl (C=O) groups is 3. The van der Waals surface area contributed by atoms with E-state index >= 15 is 0 Å². The minimum Gasteiger partial charge on any atom is -0.469 e. The summed E-state index contributed by atoms with van der Waals surface area (Å²) in [6, 6.07) is -0.834. The molecule has 0 aliphatic rings. The van der Waals surface area contributed by atoms with Crippen molar-refractivity contribution in [1.82, 2.24) is 5.32 Å². The number of methoxy groups -OCH3 is 2. The zero-order valence-electron chi connectivity index (χ0n) is 11.5. The van der Waals surface area contributed by atoms with E-state index in [0.717, 1.165) is 0 Å². The lowest BCUT2D eigenvalue weighted by Crippen LogP contribution is -2.44. The molecule has 0 spiro atoms. The lowest BCUT2D eigenvalue weighted by molar-refractivity contribution is -0.149. The van der Waals surface area contributed by atoms with Crippen molar-refractivity contribution >= 4 is 17.8 Å². The molecule has 0 saturated heterocycles. The summed E-state index contributed by atoms with van der Waals surface area (Å²) in [5.74, 6) is -2.00. The molecule has 0 aromatic carbocycles. The quantitative estimate of drug-likeness (QED) is 0.702. The zero-order valence-corrected chi connectivity index (χ0v) is 11.5. The van der Waals surface area contributed by atoms with E-state index in [1.165, 1.54) is 14.2 Å². The number of ether oxygens (including phenoxy) is 2. The second-order valence-corrected chi connectivity index (χ2v) is 4.40. The summed E-state index contributed by atoms with van der Waals surface area (Å²) in [4.78, 5) is 34.4. The molecule has 0 radical (unpaired) electrons. The molecule has 1 amide bonds. The number of hydrogen-bond donors (Lipinski definition) is 1. The van der Waals surface area contributed by atoms with Crippen LogP contribution in [0.5, 0.6) is 0 Å². The average Bonchev–Trinajstić information content (AvgIpc) is 2.35. The Bertz CT molecular complexity index is 314.